The molecule has 2 aliphatic heterocycles. The maximum absolute atomic E-state index is 14.1. The Morgan fingerprint density at radius 2 is 1.73 bits per heavy atom. The SMILES string of the molecule is CC(C)(C)OC(=O)N1C2COCC1CC(C(=O)Cc1ccc(C(F)(F)F)cc1F)C2. The number of carbonyl (C=O) groups excluding carboxylic acids is 2. The van der Waals surface area contributed by atoms with Crippen LogP contribution < -0.4 is 0 Å². The minimum atomic E-state index is -4.64. The van der Waals surface area contributed by atoms with E-state index >= 15 is 0 Å². The molecule has 166 valence electrons. The molecule has 1 aromatic carbocycles. The van der Waals surface area contributed by atoms with Crippen molar-refractivity contribution < 1.29 is 36.6 Å². The first-order valence-corrected chi connectivity index (χ1v) is 9.82. The first-order valence-electron chi connectivity index (χ1n) is 9.82. The standard InChI is InChI=1S/C21H25F4NO4/c1-20(2,3)30-19(28)26-15-6-13(7-16(26)11-29-10-15)18(27)8-12-4-5-14(9-17(12)22)21(23,24)25/h4-5,9,13,15-16H,6-8,10-11H2,1-3H3. The molecular formula is C21H25F4NO4. The van der Waals surface area contributed by atoms with Crippen molar-refractivity contribution in [1.82, 2.24) is 4.90 Å². The molecule has 0 saturated carbocycles. The largest absolute Gasteiger partial charge is 0.444 e. The Morgan fingerprint density at radius 1 is 1.13 bits per heavy atom. The van der Waals surface area contributed by atoms with E-state index in [1.54, 1.807) is 25.7 Å². The van der Waals surface area contributed by atoms with Crippen LogP contribution in [-0.4, -0.2) is 47.7 Å². The molecule has 3 rings (SSSR count). The van der Waals surface area contributed by atoms with Crippen molar-refractivity contribution in [3.8, 4) is 0 Å². The Morgan fingerprint density at radius 3 is 2.23 bits per heavy atom. The first kappa shape index (κ1) is 22.5. The summed E-state index contributed by atoms with van der Waals surface area (Å²) in [5, 5.41) is 0. The summed E-state index contributed by atoms with van der Waals surface area (Å²) < 4.78 is 63.2. The van der Waals surface area contributed by atoms with Gasteiger partial charge in [-0.3, -0.25) is 9.69 Å². The van der Waals surface area contributed by atoms with Crippen LogP contribution in [-0.2, 0) is 26.9 Å². The van der Waals surface area contributed by atoms with Crippen LogP contribution in [0.25, 0.3) is 0 Å². The maximum atomic E-state index is 14.1. The zero-order valence-corrected chi connectivity index (χ0v) is 17.1. The van der Waals surface area contributed by atoms with E-state index in [9.17, 15) is 27.2 Å². The number of ether oxygens (including phenoxy) is 2. The van der Waals surface area contributed by atoms with Gasteiger partial charge in [0.15, 0.2) is 0 Å². The number of nitrogens with zero attached hydrogens (tertiary/aromatic N) is 1. The van der Waals surface area contributed by atoms with Crippen LogP contribution in [0.1, 0.15) is 44.7 Å². The number of amides is 1. The summed E-state index contributed by atoms with van der Waals surface area (Å²) in [6.07, 6.45) is -4.70. The van der Waals surface area contributed by atoms with Gasteiger partial charge in [-0.15, -0.1) is 0 Å². The summed E-state index contributed by atoms with van der Waals surface area (Å²) in [6, 6.07) is 1.53. The van der Waals surface area contributed by atoms with Crippen molar-refractivity contribution in [3.63, 3.8) is 0 Å². The van der Waals surface area contributed by atoms with Crippen LogP contribution >= 0.6 is 0 Å². The van der Waals surface area contributed by atoms with Crippen LogP contribution in [0, 0.1) is 11.7 Å². The highest BCUT2D eigenvalue weighted by molar-refractivity contribution is 5.84. The number of alkyl halides is 3. The minimum absolute atomic E-state index is 0.0658. The molecule has 0 N–H and O–H groups in total. The second-order valence-corrected chi connectivity index (χ2v) is 8.85. The van der Waals surface area contributed by atoms with E-state index in [0.29, 0.717) is 18.9 Å². The molecule has 1 amide bonds. The van der Waals surface area contributed by atoms with E-state index in [4.69, 9.17) is 9.47 Å². The van der Waals surface area contributed by atoms with E-state index in [1.165, 1.54) is 0 Å². The number of fused-ring (bicyclic) bond motifs is 2. The molecule has 2 unspecified atom stereocenters. The second-order valence-electron chi connectivity index (χ2n) is 8.85. The van der Waals surface area contributed by atoms with Crippen LogP contribution in [0.5, 0.6) is 0 Å². The lowest BCUT2D eigenvalue weighted by molar-refractivity contribution is -0.137. The van der Waals surface area contributed by atoms with Crippen molar-refractivity contribution in [2.45, 2.75) is 63.9 Å². The monoisotopic (exact) mass is 431 g/mol. The molecule has 9 heteroatoms. The first-order chi connectivity index (χ1) is 13.8. The zero-order valence-electron chi connectivity index (χ0n) is 17.1. The molecule has 30 heavy (non-hydrogen) atoms. The van der Waals surface area contributed by atoms with E-state index in [1.807, 2.05) is 0 Å². The number of hydrogen-bond acceptors (Lipinski definition) is 4. The minimum Gasteiger partial charge on any atom is -0.444 e. The number of piperidine rings is 1. The predicted octanol–water partition coefficient (Wildman–Crippen LogP) is 4.37. The molecule has 1 aromatic rings. The molecule has 0 aliphatic carbocycles. The number of halogens is 4. The summed E-state index contributed by atoms with van der Waals surface area (Å²) in [4.78, 5) is 27.0. The number of ketones is 1. The smallest absolute Gasteiger partial charge is 0.416 e. The molecule has 2 saturated heterocycles. The van der Waals surface area contributed by atoms with Crippen molar-refractivity contribution in [2.75, 3.05) is 13.2 Å². The third-order valence-electron chi connectivity index (χ3n) is 5.33. The third-order valence-corrected chi connectivity index (χ3v) is 5.33. The lowest BCUT2D eigenvalue weighted by atomic mass is 9.81. The highest BCUT2D eigenvalue weighted by atomic mass is 19.4. The fourth-order valence-electron chi connectivity index (χ4n) is 3.99. The van der Waals surface area contributed by atoms with Crippen molar-refractivity contribution >= 4 is 11.9 Å². The summed E-state index contributed by atoms with van der Waals surface area (Å²) in [5.41, 5.74) is -1.81. The molecule has 5 nitrogen and oxygen atoms in total. The van der Waals surface area contributed by atoms with Gasteiger partial charge in [0.1, 0.15) is 17.2 Å². The normalized spacial score (nSPS) is 24.5. The second kappa shape index (κ2) is 8.17. The number of benzene rings is 1. The summed E-state index contributed by atoms with van der Waals surface area (Å²) >= 11 is 0. The van der Waals surface area contributed by atoms with Gasteiger partial charge in [0.05, 0.1) is 30.9 Å². The summed E-state index contributed by atoms with van der Waals surface area (Å²) in [5.74, 6) is -1.73. The Hall–Kier alpha value is -2.16. The fourth-order valence-corrected chi connectivity index (χ4v) is 3.99. The van der Waals surface area contributed by atoms with E-state index in [-0.39, 0.29) is 43.1 Å². The molecular weight excluding hydrogens is 406 g/mol. The Bertz CT molecular complexity index is 804. The summed E-state index contributed by atoms with van der Waals surface area (Å²) in [6.45, 7) is 5.85. The van der Waals surface area contributed by atoms with Crippen molar-refractivity contribution in [3.05, 3.63) is 35.1 Å². The number of carbonyl (C=O) groups is 2. The van der Waals surface area contributed by atoms with Crippen LogP contribution in [0.3, 0.4) is 0 Å². The van der Waals surface area contributed by atoms with Gasteiger partial charge in [-0.2, -0.15) is 13.2 Å². The number of Topliss-reactive ketones (excluding diaryl/α,β-unsaturated/α-hetero) is 1. The van der Waals surface area contributed by atoms with Gasteiger partial charge in [-0.25, -0.2) is 9.18 Å². The third kappa shape index (κ3) is 5.11. The van der Waals surface area contributed by atoms with E-state index in [2.05, 4.69) is 0 Å². The van der Waals surface area contributed by atoms with Gasteiger partial charge in [0.25, 0.3) is 0 Å². The van der Waals surface area contributed by atoms with Crippen LogP contribution in [0.2, 0.25) is 0 Å². The van der Waals surface area contributed by atoms with Crippen molar-refractivity contribution in [1.29, 1.82) is 0 Å². The summed E-state index contributed by atoms with van der Waals surface area (Å²) in [7, 11) is 0. The Kier molecular flexibility index (Phi) is 6.13. The molecule has 0 spiro atoms. The average molecular weight is 431 g/mol. The molecule has 2 atom stereocenters. The molecule has 0 aromatic heterocycles. The molecule has 2 heterocycles. The van der Waals surface area contributed by atoms with Crippen LogP contribution in [0.15, 0.2) is 18.2 Å². The quantitative estimate of drug-likeness (QED) is 0.667. The van der Waals surface area contributed by atoms with Gasteiger partial charge in [-0.1, -0.05) is 6.07 Å². The maximum Gasteiger partial charge on any atom is 0.416 e. The lowest BCUT2D eigenvalue weighted by Crippen LogP contribution is -2.60. The number of morpholine rings is 1. The molecule has 2 aliphatic rings. The lowest BCUT2D eigenvalue weighted by Gasteiger charge is -2.47. The van der Waals surface area contributed by atoms with Gasteiger partial charge < -0.3 is 9.47 Å². The number of rotatable bonds is 3. The zero-order chi connectivity index (χ0) is 22.3. The Labute approximate surface area is 172 Å². The van der Waals surface area contributed by atoms with Gasteiger partial charge in [-0.05, 0) is 51.3 Å². The number of hydrogen-bond donors (Lipinski definition) is 0. The van der Waals surface area contributed by atoms with Gasteiger partial charge in [0, 0.05) is 12.3 Å². The highest BCUT2D eigenvalue weighted by Crippen LogP contribution is 2.35. The Balaban J connectivity index is 1.69. The molecule has 0 radical (unpaired) electrons. The fraction of sp³-hybridized carbons (Fsp3) is 0.619. The molecule has 2 fully saturated rings. The van der Waals surface area contributed by atoms with E-state index in [0.717, 1.165) is 12.1 Å². The average Bonchev–Trinajstić information content (AvgIpc) is 2.59. The van der Waals surface area contributed by atoms with Gasteiger partial charge in [0.2, 0.25) is 0 Å². The van der Waals surface area contributed by atoms with Gasteiger partial charge >= 0.3 is 12.3 Å². The molecule has 2 bridgehead atoms. The predicted molar refractivity (Wildman–Crippen MR) is 99.3 cm³/mol. The van der Waals surface area contributed by atoms with Crippen LogP contribution in [0.4, 0.5) is 22.4 Å². The topological polar surface area (TPSA) is 55.8 Å². The highest BCUT2D eigenvalue weighted by Gasteiger charge is 2.45. The van der Waals surface area contributed by atoms with Crippen molar-refractivity contribution in [2.24, 2.45) is 5.92 Å². The van der Waals surface area contributed by atoms with E-state index < -0.39 is 35.2 Å².